The predicted octanol–water partition coefficient (Wildman–Crippen LogP) is 0.0463. The molecular weight excluding hydrogens is 250 g/mol. The number of rotatable bonds is 6. The highest BCUT2D eigenvalue weighted by atomic mass is 32.2. The average molecular weight is 269 g/mol. The highest BCUT2D eigenvalue weighted by Crippen LogP contribution is 2.17. The molecule has 1 aliphatic rings. The van der Waals surface area contributed by atoms with E-state index in [-0.39, 0.29) is 5.91 Å². The molecule has 0 radical (unpaired) electrons. The van der Waals surface area contributed by atoms with Gasteiger partial charge in [-0.05, 0) is 18.4 Å². The van der Waals surface area contributed by atoms with Gasteiger partial charge in [0.15, 0.2) is 0 Å². The molecule has 0 bridgehead atoms. The minimum Gasteiger partial charge on any atom is -0.320 e. The summed E-state index contributed by atoms with van der Waals surface area (Å²) in [6, 6.07) is 1.68. The Morgan fingerprint density at radius 2 is 2.56 bits per heavy atom. The molecule has 18 heavy (non-hydrogen) atoms. The fourth-order valence-corrected chi connectivity index (χ4v) is 2.24. The van der Waals surface area contributed by atoms with Gasteiger partial charge in [-0.3, -0.25) is 4.79 Å². The Balaban J connectivity index is 1.92. The zero-order valence-electron chi connectivity index (χ0n) is 10.4. The van der Waals surface area contributed by atoms with Gasteiger partial charge < -0.3 is 16.4 Å². The second-order valence-electron chi connectivity index (χ2n) is 4.35. The summed E-state index contributed by atoms with van der Waals surface area (Å²) in [7, 11) is 0. The maximum Gasteiger partial charge on any atom is 0.242 e. The Kier molecular flexibility index (Phi) is 4.62. The summed E-state index contributed by atoms with van der Waals surface area (Å²) in [5.41, 5.74) is 5.83. The van der Waals surface area contributed by atoms with Gasteiger partial charge in [-0.1, -0.05) is 0 Å². The van der Waals surface area contributed by atoms with Crippen molar-refractivity contribution in [2.24, 2.45) is 5.73 Å². The number of anilines is 1. The van der Waals surface area contributed by atoms with E-state index in [9.17, 15) is 4.79 Å². The van der Waals surface area contributed by atoms with E-state index in [1.54, 1.807) is 24.0 Å². The van der Waals surface area contributed by atoms with Crippen molar-refractivity contribution in [3.63, 3.8) is 0 Å². The molecular formula is C11H19N5OS. The molecule has 2 rings (SSSR count). The van der Waals surface area contributed by atoms with Crippen LogP contribution in [0.3, 0.4) is 0 Å². The molecule has 1 saturated heterocycles. The van der Waals surface area contributed by atoms with Crippen LogP contribution in [0.2, 0.25) is 0 Å². The maximum atomic E-state index is 11.9. The second-order valence-corrected chi connectivity index (χ2v) is 5.34. The highest BCUT2D eigenvalue weighted by Gasteiger charge is 2.23. The summed E-state index contributed by atoms with van der Waals surface area (Å²) in [5, 5.41) is 10.3. The first-order chi connectivity index (χ1) is 8.72. The molecule has 2 heterocycles. The number of amides is 1. The van der Waals surface area contributed by atoms with Crippen LogP contribution in [0, 0.1) is 0 Å². The molecule has 1 fully saturated rings. The van der Waals surface area contributed by atoms with Gasteiger partial charge in [0.25, 0.3) is 0 Å². The maximum absolute atomic E-state index is 11.9. The van der Waals surface area contributed by atoms with E-state index in [0.717, 1.165) is 24.7 Å². The van der Waals surface area contributed by atoms with Gasteiger partial charge in [0.05, 0.1) is 18.3 Å². The summed E-state index contributed by atoms with van der Waals surface area (Å²) in [6.45, 7) is 1.78. The number of hydrogen-bond donors (Lipinski definition) is 3. The van der Waals surface area contributed by atoms with Crippen LogP contribution in [-0.2, 0) is 4.79 Å². The molecule has 0 aromatic carbocycles. The van der Waals surface area contributed by atoms with Crippen LogP contribution < -0.4 is 16.4 Å². The number of carbonyl (C=O) groups excluding carboxylic acids is 1. The highest BCUT2D eigenvalue weighted by molar-refractivity contribution is 7.98. The van der Waals surface area contributed by atoms with Gasteiger partial charge in [-0.25, -0.2) is 4.68 Å². The van der Waals surface area contributed by atoms with Gasteiger partial charge in [-0.2, -0.15) is 16.9 Å². The number of aromatic nitrogens is 2. The van der Waals surface area contributed by atoms with E-state index in [0.29, 0.717) is 12.5 Å². The molecule has 1 atom stereocenters. The number of thioether (sulfide) groups is 1. The molecule has 1 aliphatic heterocycles. The van der Waals surface area contributed by atoms with Gasteiger partial charge in [0.2, 0.25) is 5.91 Å². The summed E-state index contributed by atoms with van der Waals surface area (Å²) in [6.07, 6.45) is 4.39. The fraction of sp³-hybridized carbons (Fsp3) is 0.636. The Morgan fingerprint density at radius 3 is 3.17 bits per heavy atom. The smallest absolute Gasteiger partial charge is 0.242 e. The van der Waals surface area contributed by atoms with Crippen molar-refractivity contribution in [3.8, 4) is 0 Å². The van der Waals surface area contributed by atoms with Crippen molar-refractivity contribution in [1.82, 2.24) is 15.1 Å². The minimum absolute atomic E-state index is 0.141. The van der Waals surface area contributed by atoms with Crippen LogP contribution in [0.4, 0.5) is 5.82 Å². The fourth-order valence-electron chi connectivity index (χ4n) is 1.75. The summed E-state index contributed by atoms with van der Waals surface area (Å²) >= 11 is 1.69. The SMILES string of the molecule is CSCC[C@@H](N)C(=O)Nc1ccnn1C1CNC1. The molecule has 7 heteroatoms. The number of nitrogens with two attached hydrogens (primary N) is 1. The van der Waals surface area contributed by atoms with Crippen LogP contribution in [0.5, 0.6) is 0 Å². The van der Waals surface area contributed by atoms with Crippen LogP contribution >= 0.6 is 11.8 Å². The van der Waals surface area contributed by atoms with Crippen LogP contribution in [0.25, 0.3) is 0 Å². The number of nitrogens with zero attached hydrogens (tertiary/aromatic N) is 2. The lowest BCUT2D eigenvalue weighted by Gasteiger charge is -2.28. The first kappa shape index (κ1) is 13.4. The van der Waals surface area contributed by atoms with Crippen molar-refractivity contribution < 1.29 is 4.79 Å². The lowest BCUT2D eigenvalue weighted by atomic mass is 10.2. The predicted molar refractivity (Wildman–Crippen MR) is 73.7 cm³/mol. The molecule has 1 amide bonds. The van der Waals surface area contributed by atoms with Gasteiger partial charge >= 0.3 is 0 Å². The Hall–Kier alpha value is -1.05. The third-order valence-corrected chi connectivity index (χ3v) is 3.64. The van der Waals surface area contributed by atoms with Crippen LogP contribution in [0.1, 0.15) is 12.5 Å². The van der Waals surface area contributed by atoms with Gasteiger partial charge in [0.1, 0.15) is 5.82 Å². The van der Waals surface area contributed by atoms with Crippen LogP contribution in [-0.4, -0.2) is 46.8 Å². The average Bonchev–Trinajstić information content (AvgIpc) is 2.72. The molecule has 0 aliphatic carbocycles. The summed E-state index contributed by atoms with van der Waals surface area (Å²) < 4.78 is 1.84. The van der Waals surface area contributed by atoms with E-state index in [1.165, 1.54) is 0 Å². The molecule has 1 aromatic heterocycles. The molecule has 1 aromatic rings. The zero-order chi connectivity index (χ0) is 13.0. The molecule has 6 nitrogen and oxygen atoms in total. The Labute approximate surface area is 111 Å². The monoisotopic (exact) mass is 269 g/mol. The number of hydrogen-bond acceptors (Lipinski definition) is 5. The van der Waals surface area contributed by atoms with Crippen LogP contribution in [0.15, 0.2) is 12.3 Å². The van der Waals surface area contributed by atoms with Crippen molar-refractivity contribution in [3.05, 3.63) is 12.3 Å². The molecule has 0 unspecified atom stereocenters. The molecule has 100 valence electrons. The van der Waals surface area contributed by atoms with Crippen molar-refractivity contribution >= 4 is 23.5 Å². The minimum atomic E-state index is -0.458. The lowest BCUT2D eigenvalue weighted by molar-refractivity contribution is -0.117. The van der Waals surface area contributed by atoms with E-state index in [1.807, 2.05) is 10.9 Å². The lowest BCUT2D eigenvalue weighted by Crippen LogP contribution is -2.44. The topological polar surface area (TPSA) is 85.0 Å². The summed E-state index contributed by atoms with van der Waals surface area (Å²) in [4.78, 5) is 11.9. The number of nitrogens with one attached hydrogen (secondary N) is 2. The van der Waals surface area contributed by atoms with Crippen molar-refractivity contribution in [2.75, 3.05) is 30.4 Å². The van der Waals surface area contributed by atoms with E-state index >= 15 is 0 Å². The quantitative estimate of drug-likeness (QED) is 0.679. The normalized spacial score (nSPS) is 17.2. The van der Waals surface area contributed by atoms with Gasteiger partial charge in [-0.15, -0.1) is 0 Å². The number of carbonyl (C=O) groups is 1. The molecule has 4 N–H and O–H groups in total. The summed E-state index contributed by atoms with van der Waals surface area (Å²) in [5.74, 6) is 1.48. The largest absolute Gasteiger partial charge is 0.320 e. The first-order valence-electron chi connectivity index (χ1n) is 6.02. The van der Waals surface area contributed by atoms with Crippen molar-refractivity contribution in [2.45, 2.75) is 18.5 Å². The third kappa shape index (κ3) is 3.04. The molecule has 0 spiro atoms. The second kappa shape index (κ2) is 6.21. The zero-order valence-corrected chi connectivity index (χ0v) is 11.2. The standard InChI is InChI=1S/C11H19N5OS/c1-18-5-3-9(12)11(17)15-10-2-4-14-16(10)8-6-13-7-8/h2,4,8-9,13H,3,5-7,12H2,1H3,(H,15,17)/t9-/m1/s1. The molecule has 0 saturated carbocycles. The Morgan fingerprint density at radius 1 is 1.78 bits per heavy atom. The third-order valence-electron chi connectivity index (χ3n) is 3.00. The first-order valence-corrected chi connectivity index (χ1v) is 7.41. The van der Waals surface area contributed by atoms with Crippen molar-refractivity contribution in [1.29, 1.82) is 0 Å². The van der Waals surface area contributed by atoms with E-state index in [2.05, 4.69) is 15.7 Å². The van der Waals surface area contributed by atoms with Gasteiger partial charge in [0, 0.05) is 19.2 Å². The van der Waals surface area contributed by atoms with E-state index in [4.69, 9.17) is 5.73 Å². The van der Waals surface area contributed by atoms with E-state index < -0.39 is 6.04 Å². The Bertz CT molecular complexity index is 404.